The molecule has 18 heavy (non-hydrogen) atoms. The lowest BCUT2D eigenvalue weighted by atomic mass is 9.90. The fourth-order valence-electron chi connectivity index (χ4n) is 3.24. The molecule has 2 heteroatoms. The highest BCUT2D eigenvalue weighted by atomic mass is 16.5. The zero-order valence-corrected chi connectivity index (χ0v) is 11.1. The van der Waals surface area contributed by atoms with Gasteiger partial charge in [0.1, 0.15) is 5.75 Å². The molecule has 2 aliphatic heterocycles. The van der Waals surface area contributed by atoms with E-state index in [0.717, 1.165) is 12.4 Å². The van der Waals surface area contributed by atoms with Crippen LogP contribution in [-0.2, 0) is 0 Å². The molecule has 1 saturated heterocycles. The molecule has 2 aliphatic rings. The van der Waals surface area contributed by atoms with Crippen molar-refractivity contribution in [2.75, 3.05) is 26.2 Å². The molecule has 0 N–H and O–H groups in total. The summed E-state index contributed by atoms with van der Waals surface area (Å²) in [5.41, 5.74) is 1.43. The fraction of sp³-hybridized carbons (Fsp3) is 0.625. The number of rotatable bonds is 3. The van der Waals surface area contributed by atoms with Gasteiger partial charge >= 0.3 is 0 Å². The smallest absolute Gasteiger partial charge is 0.122 e. The van der Waals surface area contributed by atoms with Crippen LogP contribution in [0.25, 0.3) is 0 Å². The summed E-state index contributed by atoms with van der Waals surface area (Å²) in [7, 11) is 0. The van der Waals surface area contributed by atoms with E-state index in [2.05, 4.69) is 29.2 Å². The molecule has 1 fully saturated rings. The van der Waals surface area contributed by atoms with Gasteiger partial charge in [-0.1, -0.05) is 24.6 Å². The second kappa shape index (κ2) is 5.75. The number of nitrogens with zero attached hydrogens (tertiary/aromatic N) is 1. The monoisotopic (exact) mass is 245 g/mol. The maximum Gasteiger partial charge on any atom is 0.122 e. The quantitative estimate of drug-likeness (QED) is 0.809. The van der Waals surface area contributed by atoms with Crippen LogP contribution in [0.3, 0.4) is 0 Å². The summed E-state index contributed by atoms with van der Waals surface area (Å²) < 4.78 is 5.73. The normalized spacial score (nSPS) is 24.3. The predicted molar refractivity (Wildman–Crippen MR) is 74.2 cm³/mol. The number of hydrogen-bond acceptors (Lipinski definition) is 2. The van der Waals surface area contributed by atoms with E-state index in [0.29, 0.717) is 5.92 Å². The molecule has 0 spiro atoms. The highest BCUT2D eigenvalue weighted by Gasteiger charge is 2.21. The van der Waals surface area contributed by atoms with Gasteiger partial charge in [0.15, 0.2) is 0 Å². The third kappa shape index (κ3) is 2.69. The maximum atomic E-state index is 5.73. The van der Waals surface area contributed by atoms with Crippen LogP contribution in [0.1, 0.15) is 43.6 Å². The van der Waals surface area contributed by atoms with Crippen LogP contribution in [0.2, 0.25) is 0 Å². The van der Waals surface area contributed by atoms with Crippen LogP contribution in [0, 0.1) is 0 Å². The standard InChI is InChI=1S/C16H23NO/c1-4-10-17(11-5-1)12-8-14-9-13-18-16-7-3-2-6-15(14)16/h2-3,6-7,14H,1,4-5,8-13H2. The minimum atomic E-state index is 0.705. The minimum absolute atomic E-state index is 0.705. The summed E-state index contributed by atoms with van der Waals surface area (Å²) in [5.74, 6) is 1.82. The first-order valence-corrected chi connectivity index (χ1v) is 7.37. The van der Waals surface area contributed by atoms with Gasteiger partial charge < -0.3 is 9.64 Å². The number of para-hydroxylation sites is 1. The largest absolute Gasteiger partial charge is 0.493 e. The Hall–Kier alpha value is -1.02. The van der Waals surface area contributed by atoms with E-state index in [9.17, 15) is 0 Å². The molecule has 0 aromatic heterocycles. The van der Waals surface area contributed by atoms with Crippen molar-refractivity contribution in [2.45, 2.75) is 38.0 Å². The number of hydrogen-bond donors (Lipinski definition) is 0. The minimum Gasteiger partial charge on any atom is -0.493 e. The fourth-order valence-corrected chi connectivity index (χ4v) is 3.24. The summed E-state index contributed by atoms with van der Waals surface area (Å²) in [4.78, 5) is 2.64. The van der Waals surface area contributed by atoms with Crippen LogP contribution < -0.4 is 4.74 Å². The molecule has 1 aromatic rings. The lowest BCUT2D eigenvalue weighted by molar-refractivity contribution is 0.206. The van der Waals surface area contributed by atoms with E-state index in [1.165, 1.54) is 57.3 Å². The van der Waals surface area contributed by atoms with Gasteiger partial charge in [-0.15, -0.1) is 0 Å². The van der Waals surface area contributed by atoms with Gasteiger partial charge in [0.05, 0.1) is 6.61 Å². The van der Waals surface area contributed by atoms with Gasteiger partial charge in [-0.3, -0.25) is 0 Å². The van der Waals surface area contributed by atoms with E-state index in [4.69, 9.17) is 4.74 Å². The van der Waals surface area contributed by atoms with Crippen molar-refractivity contribution < 1.29 is 4.74 Å². The van der Waals surface area contributed by atoms with Crippen LogP contribution in [0.5, 0.6) is 5.75 Å². The summed E-state index contributed by atoms with van der Waals surface area (Å²) in [6, 6.07) is 8.57. The van der Waals surface area contributed by atoms with E-state index in [-0.39, 0.29) is 0 Å². The van der Waals surface area contributed by atoms with Crippen LogP contribution in [-0.4, -0.2) is 31.1 Å². The SMILES string of the molecule is c1ccc2c(c1)OCCC2CCN1CCCCC1. The molecule has 0 saturated carbocycles. The van der Waals surface area contributed by atoms with E-state index in [1.807, 2.05) is 0 Å². The molecule has 98 valence electrons. The zero-order chi connectivity index (χ0) is 12.2. The summed E-state index contributed by atoms with van der Waals surface area (Å²) in [6.45, 7) is 4.77. The first kappa shape index (κ1) is 12.0. The third-order valence-corrected chi connectivity index (χ3v) is 4.33. The second-order valence-electron chi connectivity index (χ2n) is 5.56. The Morgan fingerprint density at radius 1 is 1.11 bits per heavy atom. The molecule has 0 radical (unpaired) electrons. The van der Waals surface area contributed by atoms with Crippen molar-refractivity contribution in [1.29, 1.82) is 0 Å². The summed E-state index contributed by atoms with van der Waals surface area (Å²) >= 11 is 0. The molecule has 0 aliphatic carbocycles. The number of fused-ring (bicyclic) bond motifs is 1. The molecule has 3 rings (SSSR count). The van der Waals surface area contributed by atoms with Crippen molar-refractivity contribution in [3.8, 4) is 5.75 Å². The molecule has 2 nitrogen and oxygen atoms in total. The van der Waals surface area contributed by atoms with Crippen molar-refractivity contribution in [3.05, 3.63) is 29.8 Å². The van der Waals surface area contributed by atoms with Gasteiger partial charge in [0.2, 0.25) is 0 Å². The van der Waals surface area contributed by atoms with Crippen LogP contribution in [0.15, 0.2) is 24.3 Å². The van der Waals surface area contributed by atoms with Gasteiger partial charge in [-0.25, -0.2) is 0 Å². The van der Waals surface area contributed by atoms with Crippen molar-refractivity contribution in [1.82, 2.24) is 4.90 Å². The number of piperidine rings is 1. The second-order valence-corrected chi connectivity index (χ2v) is 5.56. The Morgan fingerprint density at radius 2 is 1.94 bits per heavy atom. The Bertz CT molecular complexity index is 384. The molecule has 2 heterocycles. The zero-order valence-electron chi connectivity index (χ0n) is 11.1. The Labute approximate surface area is 110 Å². The maximum absolute atomic E-state index is 5.73. The third-order valence-electron chi connectivity index (χ3n) is 4.33. The van der Waals surface area contributed by atoms with Crippen molar-refractivity contribution in [2.24, 2.45) is 0 Å². The van der Waals surface area contributed by atoms with Gasteiger partial charge in [0, 0.05) is 0 Å². The number of benzene rings is 1. The summed E-state index contributed by atoms with van der Waals surface area (Å²) in [6.07, 6.45) is 6.69. The average molecular weight is 245 g/mol. The molecule has 1 unspecified atom stereocenters. The molecule has 1 atom stereocenters. The molecular weight excluding hydrogens is 222 g/mol. The van der Waals surface area contributed by atoms with E-state index in [1.54, 1.807) is 0 Å². The molecule has 0 amide bonds. The molecule has 0 bridgehead atoms. The van der Waals surface area contributed by atoms with Gasteiger partial charge in [-0.05, 0) is 62.9 Å². The predicted octanol–water partition coefficient (Wildman–Crippen LogP) is 3.43. The van der Waals surface area contributed by atoms with E-state index < -0.39 is 0 Å². The van der Waals surface area contributed by atoms with Crippen LogP contribution >= 0.6 is 0 Å². The number of likely N-dealkylation sites (tertiary alicyclic amines) is 1. The van der Waals surface area contributed by atoms with Crippen molar-refractivity contribution >= 4 is 0 Å². The average Bonchev–Trinajstić information content (AvgIpc) is 2.46. The van der Waals surface area contributed by atoms with Gasteiger partial charge in [-0.2, -0.15) is 0 Å². The molecular formula is C16H23NO. The Balaban J connectivity index is 1.60. The Morgan fingerprint density at radius 3 is 2.83 bits per heavy atom. The lowest BCUT2D eigenvalue weighted by Crippen LogP contribution is -2.31. The number of ether oxygens (including phenoxy) is 1. The molecule has 1 aromatic carbocycles. The Kier molecular flexibility index (Phi) is 3.84. The highest BCUT2D eigenvalue weighted by Crippen LogP contribution is 2.35. The first-order valence-electron chi connectivity index (χ1n) is 7.37. The van der Waals surface area contributed by atoms with Crippen LogP contribution in [0.4, 0.5) is 0 Å². The summed E-state index contributed by atoms with van der Waals surface area (Å²) in [5, 5.41) is 0. The van der Waals surface area contributed by atoms with Gasteiger partial charge in [0.25, 0.3) is 0 Å². The highest BCUT2D eigenvalue weighted by molar-refractivity contribution is 5.37. The lowest BCUT2D eigenvalue weighted by Gasteiger charge is -2.30. The first-order chi connectivity index (χ1) is 8.93. The topological polar surface area (TPSA) is 12.5 Å². The van der Waals surface area contributed by atoms with Crippen molar-refractivity contribution in [3.63, 3.8) is 0 Å². The van der Waals surface area contributed by atoms with E-state index >= 15 is 0 Å².